The Kier molecular flexibility index (Phi) is 4.52. The van der Waals surface area contributed by atoms with Gasteiger partial charge in [0.25, 0.3) is 0 Å². The number of halogens is 1. The molecule has 112 valence electrons. The van der Waals surface area contributed by atoms with Crippen LogP contribution in [0.3, 0.4) is 0 Å². The topological polar surface area (TPSA) is 56.5 Å². The largest absolute Gasteiger partial charge is 0.494 e. The van der Waals surface area contributed by atoms with Crippen LogP contribution in [0.15, 0.2) is 36.4 Å². The van der Waals surface area contributed by atoms with E-state index in [4.69, 9.17) is 15.2 Å². The van der Waals surface area contributed by atoms with E-state index in [-0.39, 0.29) is 11.9 Å². The number of benzene rings is 2. The minimum absolute atomic E-state index is 0.0356. The number of methoxy groups -OCH3 is 1. The van der Waals surface area contributed by atoms with Crippen LogP contribution in [0.5, 0.6) is 11.5 Å². The summed E-state index contributed by atoms with van der Waals surface area (Å²) in [4.78, 5) is 0. The van der Waals surface area contributed by atoms with Crippen LogP contribution in [-0.4, -0.2) is 13.2 Å². The average molecular weight is 290 g/mol. The van der Waals surface area contributed by atoms with Crippen LogP contribution in [0, 0.1) is 5.82 Å². The Hall–Kier alpha value is -2.43. The Labute approximate surface area is 123 Å². The van der Waals surface area contributed by atoms with Gasteiger partial charge >= 0.3 is 0 Å². The highest BCUT2D eigenvalue weighted by atomic mass is 19.1. The average Bonchev–Trinajstić information content (AvgIpc) is 2.44. The summed E-state index contributed by atoms with van der Waals surface area (Å²) in [7, 11) is 1.43. The van der Waals surface area contributed by atoms with Gasteiger partial charge < -0.3 is 20.5 Å². The fraction of sp³-hybridized carbons (Fsp3) is 0.250. The zero-order valence-electron chi connectivity index (χ0n) is 12.3. The predicted octanol–water partition coefficient (Wildman–Crippen LogP) is 3.95. The van der Waals surface area contributed by atoms with Crippen molar-refractivity contribution in [2.75, 3.05) is 18.2 Å². The summed E-state index contributed by atoms with van der Waals surface area (Å²) in [5.41, 5.74) is 7.96. The minimum atomic E-state index is -0.399. The van der Waals surface area contributed by atoms with Gasteiger partial charge in [0.05, 0.1) is 18.9 Å². The second kappa shape index (κ2) is 6.35. The highest BCUT2D eigenvalue weighted by molar-refractivity contribution is 5.67. The molecule has 0 aliphatic rings. The van der Waals surface area contributed by atoms with Crippen molar-refractivity contribution < 1.29 is 13.9 Å². The fourth-order valence-electron chi connectivity index (χ4n) is 1.87. The second-order valence-electron chi connectivity index (χ2n) is 4.89. The molecule has 0 heterocycles. The molecule has 0 saturated carbocycles. The van der Waals surface area contributed by atoms with E-state index in [1.807, 2.05) is 26.0 Å². The molecule has 0 saturated heterocycles. The summed E-state index contributed by atoms with van der Waals surface area (Å²) in [6.07, 6.45) is 0.0356. The Bertz CT molecular complexity index is 630. The molecule has 0 unspecified atom stereocenters. The van der Waals surface area contributed by atoms with Crippen LogP contribution in [0.2, 0.25) is 0 Å². The first-order valence-corrected chi connectivity index (χ1v) is 6.66. The van der Waals surface area contributed by atoms with Crippen LogP contribution in [0.1, 0.15) is 13.8 Å². The molecule has 2 aromatic carbocycles. The van der Waals surface area contributed by atoms with Crippen LogP contribution >= 0.6 is 0 Å². The predicted molar refractivity (Wildman–Crippen MR) is 82.9 cm³/mol. The first-order chi connectivity index (χ1) is 9.99. The number of rotatable bonds is 5. The molecule has 0 radical (unpaired) electrons. The number of ether oxygens (including phenoxy) is 2. The highest BCUT2D eigenvalue weighted by Crippen LogP contribution is 2.29. The summed E-state index contributed by atoms with van der Waals surface area (Å²) in [5, 5.41) is 3.16. The molecular weight excluding hydrogens is 271 g/mol. The summed E-state index contributed by atoms with van der Waals surface area (Å²) in [6.45, 7) is 3.87. The zero-order valence-corrected chi connectivity index (χ0v) is 12.3. The Morgan fingerprint density at radius 3 is 2.29 bits per heavy atom. The van der Waals surface area contributed by atoms with Crippen LogP contribution in [0.4, 0.5) is 21.5 Å². The van der Waals surface area contributed by atoms with Gasteiger partial charge in [0.15, 0.2) is 11.6 Å². The summed E-state index contributed by atoms with van der Waals surface area (Å²) in [6, 6.07) is 9.99. The van der Waals surface area contributed by atoms with E-state index >= 15 is 0 Å². The number of nitrogen functional groups attached to an aromatic ring is 1. The Morgan fingerprint density at radius 1 is 1.05 bits per heavy atom. The molecule has 4 nitrogen and oxygen atoms in total. The lowest BCUT2D eigenvalue weighted by Crippen LogP contribution is -2.07. The maximum atomic E-state index is 13.4. The zero-order chi connectivity index (χ0) is 15.4. The molecule has 0 bridgehead atoms. The monoisotopic (exact) mass is 290 g/mol. The minimum Gasteiger partial charge on any atom is -0.494 e. The van der Waals surface area contributed by atoms with Crippen LogP contribution < -0.4 is 20.5 Å². The standard InChI is InChI=1S/C16H19FN2O2/c1-10(2)21-16-9-12(5-7-14(16)18)19-11-4-6-13(17)15(8-11)20-3/h4-10,19H,18H2,1-3H3. The van der Waals surface area contributed by atoms with Crippen molar-refractivity contribution in [3.05, 3.63) is 42.2 Å². The lowest BCUT2D eigenvalue weighted by molar-refractivity contribution is 0.244. The van der Waals surface area contributed by atoms with Crippen molar-refractivity contribution in [3.63, 3.8) is 0 Å². The maximum Gasteiger partial charge on any atom is 0.165 e. The summed E-state index contributed by atoms with van der Waals surface area (Å²) in [5.74, 6) is 0.405. The fourth-order valence-corrected chi connectivity index (χ4v) is 1.87. The molecule has 21 heavy (non-hydrogen) atoms. The van der Waals surface area contributed by atoms with E-state index in [1.54, 1.807) is 18.2 Å². The van der Waals surface area contributed by atoms with Crippen molar-refractivity contribution in [2.45, 2.75) is 20.0 Å². The third-order valence-corrected chi connectivity index (χ3v) is 2.82. The van der Waals surface area contributed by atoms with E-state index in [2.05, 4.69) is 5.32 Å². The molecule has 2 aromatic rings. The molecule has 0 fully saturated rings. The second-order valence-corrected chi connectivity index (χ2v) is 4.89. The van der Waals surface area contributed by atoms with Crippen LogP contribution in [-0.2, 0) is 0 Å². The quantitative estimate of drug-likeness (QED) is 0.819. The number of nitrogens with two attached hydrogens (primary N) is 1. The van der Waals surface area contributed by atoms with Crippen molar-refractivity contribution in [2.24, 2.45) is 0 Å². The van der Waals surface area contributed by atoms with Gasteiger partial charge in [-0.1, -0.05) is 0 Å². The third-order valence-electron chi connectivity index (χ3n) is 2.82. The molecule has 5 heteroatoms. The van der Waals surface area contributed by atoms with Gasteiger partial charge in [0, 0.05) is 23.5 Å². The first kappa shape index (κ1) is 15.0. The molecule has 3 N–H and O–H groups in total. The summed E-state index contributed by atoms with van der Waals surface area (Å²) < 4.78 is 24.0. The smallest absolute Gasteiger partial charge is 0.165 e. The molecule has 0 aliphatic carbocycles. The van der Waals surface area contributed by atoms with Gasteiger partial charge in [-0.05, 0) is 38.1 Å². The molecule has 2 rings (SSSR count). The molecule has 0 amide bonds. The first-order valence-electron chi connectivity index (χ1n) is 6.66. The van der Waals surface area contributed by atoms with Gasteiger partial charge in [-0.3, -0.25) is 0 Å². The normalized spacial score (nSPS) is 10.5. The Balaban J connectivity index is 2.23. The van der Waals surface area contributed by atoms with Crippen molar-refractivity contribution >= 4 is 17.1 Å². The van der Waals surface area contributed by atoms with E-state index < -0.39 is 5.82 Å². The molecule has 0 aromatic heterocycles. The van der Waals surface area contributed by atoms with Gasteiger partial charge in [0.2, 0.25) is 0 Å². The van der Waals surface area contributed by atoms with E-state index in [0.717, 1.165) is 5.69 Å². The number of anilines is 3. The number of nitrogens with one attached hydrogen (secondary N) is 1. The highest BCUT2D eigenvalue weighted by Gasteiger charge is 2.07. The van der Waals surface area contributed by atoms with E-state index in [1.165, 1.54) is 13.2 Å². The molecule has 0 spiro atoms. The lowest BCUT2D eigenvalue weighted by Gasteiger charge is -2.14. The van der Waals surface area contributed by atoms with Gasteiger partial charge in [-0.25, -0.2) is 4.39 Å². The van der Waals surface area contributed by atoms with E-state index in [9.17, 15) is 4.39 Å². The Morgan fingerprint density at radius 2 is 1.67 bits per heavy atom. The maximum absolute atomic E-state index is 13.4. The number of hydrogen-bond acceptors (Lipinski definition) is 4. The van der Waals surface area contributed by atoms with Gasteiger partial charge in [0.1, 0.15) is 5.75 Å². The van der Waals surface area contributed by atoms with Crippen molar-refractivity contribution in [1.29, 1.82) is 0 Å². The summed E-state index contributed by atoms with van der Waals surface area (Å²) >= 11 is 0. The molecule has 0 aliphatic heterocycles. The third kappa shape index (κ3) is 3.78. The SMILES string of the molecule is COc1cc(Nc2ccc(N)c(OC(C)C)c2)ccc1F. The number of hydrogen-bond donors (Lipinski definition) is 2. The van der Waals surface area contributed by atoms with E-state index in [0.29, 0.717) is 17.1 Å². The van der Waals surface area contributed by atoms with Crippen molar-refractivity contribution in [1.82, 2.24) is 0 Å². The van der Waals surface area contributed by atoms with Crippen LogP contribution in [0.25, 0.3) is 0 Å². The van der Waals surface area contributed by atoms with Gasteiger partial charge in [-0.15, -0.1) is 0 Å². The molecular formula is C16H19FN2O2. The van der Waals surface area contributed by atoms with Gasteiger partial charge in [-0.2, -0.15) is 0 Å². The molecule has 0 atom stereocenters. The lowest BCUT2D eigenvalue weighted by atomic mass is 10.2. The van der Waals surface area contributed by atoms with Crippen molar-refractivity contribution in [3.8, 4) is 11.5 Å².